The van der Waals surface area contributed by atoms with E-state index in [4.69, 9.17) is 9.47 Å². The summed E-state index contributed by atoms with van der Waals surface area (Å²) in [7, 11) is 1.39. The number of thiophene rings is 1. The van der Waals surface area contributed by atoms with Crippen molar-refractivity contribution in [2.24, 2.45) is 11.3 Å². The van der Waals surface area contributed by atoms with Gasteiger partial charge in [-0.05, 0) is 57.6 Å². The number of carbonyl (C=O) groups is 3. The highest BCUT2D eigenvalue weighted by atomic mass is 32.1. The van der Waals surface area contributed by atoms with E-state index in [0.717, 1.165) is 35.3 Å². The maximum atomic E-state index is 12.8. The van der Waals surface area contributed by atoms with Crippen molar-refractivity contribution >= 4 is 34.8 Å². The summed E-state index contributed by atoms with van der Waals surface area (Å²) in [5.74, 6) is 5.85. The van der Waals surface area contributed by atoms with Crippen molar-refractivity contribution in [1.82, 2.24) is 4.90 Å². The van der Waals surface area contributed by atoms with Gasteiger partial charge in [0.1, 0.15) is 4.88 Å². The first-order chi connectivity index (χ1) is 16.1. The van der Waals surface area contributed by atoms with Crippen molar-refractivity contribution in [3.8, 4) is 11.8 Å². The maximum Gasteiger partial charge on any atom is 0.348 e. The fourth-order valence-corrected chi connectivity index (χ4v) is 5.53. The largest absolute Gasteiger partial charge is 0.465 e. The van der Waals surface area contributed by atoms with E-state index in [1.807, 2.05) is 26.8 Å². The smallest absolute Gasteiger partial charge is 0.348 e. The Labute approximate surface area is 206 Å². The highest BCUT2D eigenvalue weighted by molar-refractivity contribution is 7.14. The molecule has 0 N–H and O–H groups in total. The number of hydrogen-bond acceptors (Lipinski definition) is 6. The first-order valence-electron chi connectivity index (χ1n) is 12.0. The lowest BCUT2D eigenvalue weighted by Gasteiger charge is -2.35. The van der Waals surface area contributed by atoms with Crippen molar-refractivity contribution in [3.05, 3.63) is 27.0 Å². The Morgan fingerprint density at radius 2 is 1.88 bits per heavy atom. The van der Waals surface area contributed by atoms with Crippen LogP contribution in [0.2, 0.25) is 0 Å². The molecule has 1 aliphatic carbocycles. The molecule has 3 rings (SSSR count). The zero-order valence-corrected chi connectivity index (χ0v) is 21.7. The summed E-state index contributed by atoms with van der Waals surface area (Å²) in [6, 6.07) is 1.98. The summed E-state index contributed by atoms with van der Waals surface area (Å²) < 4.78 is 10.1. The Hall–Kier alpha value is -2.59. The summed E-state index contributed by atoms with van der Waals surface area (Å²) in [6.07, 6.45) is 6.68. The van der Waals surface area contributed by atoms with Gasteiger partial charge in [-0.25, -0.2) is 4.79 Å². The van der Waals surface area contributed by atoms with Gasteiger partial charge in [0.25, 0.3) is 5.91 Å². The summed E-state index contributed by atoms with van der Waals surface area (Å²) in [5.41, 5.74) is 3.03. The fraction of sp³-hybridized carbons (Fsp3) is 0.593. The molecule has 6 nitrogen and oxygen atoms in total. The molecular weight excluding hydrogens is 450 g/mol. The van der Waals surface area contributed by atoms with Crippen LogP contribution in [0.4, 0.5) is 0 Å². The van der Waals surface area contributed by atoms with E-state index in [9.17, 15) is 14.4 Å². The van der Waals surface area contributed by atoms with Gasteiger partial charge in [-0.3, -0.25) is 9.59 Å². The fourth-order valence-electron chi connectivity index (χ4n) is 4.58. The van der Waals surface area contributed by atoms with Crippen molar-refractivity contribution in [3.63, 3.8) is 0 Å². The SMILES string of the molecule is COC(=O)c1sc(C#CC(C)(C)C)cc1C1=C(C2CCCCC2)CCN(C(=O)COC(C)=O)C1. The maximum absolute atomic E-state index is 12.8. The van der Waals surface area contributed by atoms with Gasteiger partial charge in [0.2, 0.25) is 0 Å². The second kappa shape index (κ2) is 11.2. The third-order valence-electron chi connectivity index (χ3n) is 6.23. The molecule has 1 fully saturated rings. The van der Waals surface area contributed by atoms with Gasteiger partial charge in [0.05, 0.1) is 12.0 Å². The molecule has 0 saturated heterocycles. The van der Waals surface area contributed by atoms with E-state index in [2.05, 4.69) is 11.8 Å². The minimum Gasteiger partial charge on any atom is -0.465 e. The molecule has 0 unspecified atom stereocenters. The van der Waals surface area contributed by atoms with Crippen LogP contribution >= 0.6 is 11.3 Å². The third-order valence-corrected chi connectivity index (χ3v) is 7.26. The van der Waals surface area contributed by atoms with E-state index in [1.165, 1.54) is 50.2 Å². The number of carbonyl (C=O) groups excluding carboxylic acids is 3. The summed E-state index contributed by atoms with van der Waals surface area (Å²) in [6.45, 7) is 8.15. The zero-order valence-electron chi connectivity index (χ0n) is 20.9. The van der Waals surface area contributed by atoms with E-state index in [0.29, 0.717) is 23.9 Å². The van der Waals surface area contributed by atoms with Gasteiger partial charge in [-0.2, -0.15) is 0 Å². The molecule has 1 aromatic rings. The average Bonchev–Trinajstić information content (AvgIpc) is 3.24. The number of hydrogen-bond donors (Lipinski definition) is 0. The van der Waals surface area contributed by atoms with Crippen LogP contribution in [0.25, 0.3) is 5.57 Å². The van der Waals surface area contributed by atoms with Crippen LogP contribution in [0, 0.1) is 23.2 Å². The molecule has 0 atom stereocenters. The van der Waals surface area contributed by atoms with Crippen LogP contribution in [-0.2, 0) is 19.1 Å². The Balaban J connectivity index is 2.05. The van der Waals surface area contributed by atoms with Gasteiger partial charge in [-0.15, -0.1) is 11.3 Å². The third kappa shape index (κ3) is 6.73. The molecule has 34 heavy (non-hydrogen) atoms. The topological polar surface area (TPSA) is 72.9 Å². The predicted molar refractivity (Wildman–Crippen MR) is 133 cm³/mol. The van der Waals surface area contributed by atoms with Crippen molar-refractivity contribution < 1.29 is 23.9 Å². The molecule has 7 heteroatoms. The number of nitrogens with zero attached hydrogens (tertiary/aromatic N) is 1. The van der Waals surface area contributed by atoms with Crippen LogP contribution in [-0.4, -0.2) is 49.6 Å². The molecule has 0 spiro atoms. The van der Waals surface area contributed by atoms with Gasteiger partial charge in [-0.1, -0.05) is 36.7 Å². The lowest BCUT2D eigenvalue weighted by Crippen LogP contribution is -2.40. The molecule has 0 radical (unpaired) electrons. The standard InChI is InChI=1S/C27H35NO5S/c1-18(29)33-17-24(30)28-14-12-21(19-9-7-6-8-10-19)23(16-28)22-15-20(11-13-27(2,3)4)34-25(22)26(31)32-5/h15,19H,6-10,12,14,16-17H2,1-5H3. The van der Waals surface area contributed by atoms with E-state index >= 15 is 0 Å². The average molecular weight is 486 g/mol. The Bertz CT molecular complexity index is 1030. The number of ether oxygens (including phenoxy) is 2. The van der Waals surface area contributed by atoms with Crippen molar-refractivity contribution in [2.45, 2.75) is 66.2 Å². The molecule has 1 aromatic heterocycles. The lowest BCUT2D eigenvalue weighted by molar-refractivity contribution is -0.150. The molecule has 1 amide bonds. The van der Waals surface area contributed by atoms with Gasteiger partial charge >= 0.3 is 11.9 Å². The first kappa shape index (κ1) is 26.0. The van der Waals surface area contributed by atoms with E-state index in [-0.39, 0.29) is 23.9 Å². The summed E-state index contributed by atoms with van der Waals surface area (Å²) in [4.78, 5) is 39.8. The van der Waals surface area contributed by atoms with E-state index in [1.54, 1.807) is 4.90 Å². The molecule has 1 saturated carbocycles. The molecule has 184 valence electrons. The van der Waals surface area contributed by atoms with Crippen LogP contribution in [0.15, 0.2) is 11.6 Å². The molecule has 2 aliphatic rings. The van der Waals surface area contributed by atoms with Gasteiger partial charge in [0, 0.05) is 31.0 Å². The Kier molecular flexibility index (Phi) is 8.59. The highest BCUT2D eigenvalue weighted by Crippen LogP contribution is 2.41. The normalized spacial score (nSPS) is 17.1. The number of esters is 2. The highest BCUT2D eigenvalue weighted by Gasteiger charge is 2.32. The van der Waals surface area contributed by atoms with E-state index < -0.39 is 5.97 Å². The van der Waals surface area contributed by atoms with Crippen LogP contribution < -0.4 is 0 Å². The van der Waals surface area contributed by atoms with Crippen LogP contribution in [0.1, 0.15) is 86.3 Å². The molecule has 1 aliphatic heterocycles. The van der Waals surface area contributed by atoms with Gasteiger partial charge < -0.3 is 14.4 Å². The van der Waals surface area contributed by atoms with Crippen LogP contribution in [0.3, 0.4) is 0 Å². The van der Waals surface area contributed by atoms with Crippen molar-refractivity contribution in [1.29, 1.82) is 0 Å². The summed E-state index contributed by atoms with van der Waals surface area (Å²) in [5, 5.41) is 0. The number of rotatable bonds is 5. The second-order valence-corrected chi connectivity index (χ2v) is 11.1. The molecule has 0 aromatic carbocycles. The molecule has 0 bridgehead atoms. The molecular formula is C27H35NO5S. The Morgan fingerprint density at radius 3 is 2.50 bits per heavy atom. The summed E-state index contributed by atoms with van der Waals surface area (Å²) >= 11 is 1.34. The first-order valence-corrected chi connectivity index (χ1v) is 12.8. The minimum atomic E-state index is -0.475. The zero-order chi connectivity index (χ0) is 24.9. The minimum absolute atomic E-state index is 0.160. The predicted octanol–water partition coefficient (Wildman–Crippen LogP) is 5.06. The molecule has 2 heterocycles. The lowest BCUT2D eigenvalue weighted by atomic mass is 9.78. The number of methoxy groups -OCH3 is 1. The van der Waals surface area contributed by atoms with Crippen LogP contribution in [0.5, 0.6) is 0 Å². The second-order valence-electron chi connectivity index (χ2n) is 10.0. The van der Waals surface area contributed by atoms with Gasteiger partial charge in [0.15, 0.2) is 6.61 Å². The quantitative estimate of drug-likeness (QED) is 0.430. The monoisotopic (exact) mass is 485 g/mol. The van der Waals surface area contributed by atoms with Crippen molar-refractivity contribution in [2.75, 3.05) is 26.8 Å². The number of amides is 1. The Morgan fingerprint density at radius 1 is 1.18 bits per heavy atom.